The molecule has 0 saturated heterocycles. The van der Waals surface area contributed by atoms with Gasteiger partial charge in [-0.2, -0.15) is 0 Å². The van der Waals surface area contributed by atoms with Gasteiger partial charge in [0.05, 0.1) is 6.42 Å². The van der Waals surface area contributed by atoms with Crippen LogP contribution in [-0.2, 0) is 11.2 Å². The third kappa shape index (κ3) is 1.35. The number of nitrogens with one attached hydrogen (secondary N) is 1. The van der Waals surface area contributed by atoms with E-state index in [0.29, 0.717) is 0 Å². The largest absolute Gasteiger partial charge is 0.481 e. The number of fused-ring (bicyclic) bond motifs is 1. The number of aromatic nitrogens is 2. The molecule has 0 aliphatic rings. The van der Waals surface area contributed by atoms with Gasteiger partial charge in [-0.25, -0.2) is 0 Å². The van der Waals surface area contributed by atoms with E-state index in [4.69, 9.17) is 5.11 Å². The second-order valence-electron chi connectivity index (χ2n) is 3.22. The summed E-state index contributed by atoms with van der Waals surface area (Å²) in [5.41, 5.74) is 2.66. The number of hydrogen-bond acceptors (Lipinski definition) is 2. The lowest BCUT2D eigenvalue weighted by Crippen LogP contribution is -2.00. The van der Waals surface area contributed by atoms with Gasteiger partial charge < -0.3 is 10.1 Å². The number of nitrogens with zero attached hydrogens (tertiary/aromatic N) is 1. The molecule has 0 unspecified atom stereocenters. The summed E-state index contributed by atoms with van der Waals surface area (Å²) >= 11 is 0. The maximum absolute atomic E-state index is 10.6. The summed E-state index contributed by atoms with van der Waals surface area (Å²) in [7, 11) is 0. The zero-order chi connectivity index (χ0) is 10.1. The summed E-state index contributed by atoms with van der Waals surface area (Å²) in [6, 6.07) is 1.84. The van der Waals surface area contributed by atoms with Gasteiger partial charge in [-0.05, 0) is 18.6 Å². The smallest absolute Gasteiger partial charge is 0.307 e. The van der Waals surface area contributed by atoms with Gasteiger partial charge >= 0.3 is 5.97 Å². The Kier molecular flexibility index (Phi) is 1.96. The average molecular weight is 190 g/mol. The quantitative estimate of drug-likeness (QED) is 0.754. The lowest BCUT2D eigenvalue weighted by atomic mass is 10.1. The molecule has 0 fully saturated rings. The summed E-state index contributed by atoms with van der Waals surface area (Å²) in [6.45, 7) is 1.87. The molecule has 0 spiro atoms. The van der Waals surface area contributed by atoms with Crippen molar-refractivity contribution in [3.63, 3.8) is 0 Å². The van der Waals surface area contributed by atoms with Crippen molar-refractivity contribution < 1.29 is 9.90 Å². The predicted molar refractivity (Wildman–Crippen MR) is 52.2 cm³/mol. The third-order valence-corrected chi connectivity index (χ3v) is 2.25. The van der Waals surface area contributed by atoms with Gasteiger partial charge in [0.15, 0.2) is 0 Å². The lowest BCUT2D eigenvalue weighted by molar-refractivity contribution is -0.136. The molecule has 2 N–H and O–H groups in total. The van der Waals surface area contributed by atoms with Crippen LogP contribution in [0.1, 0.15) is 11.3 Å². The van der Waals surface area contributed by atoms with Gasteiger partial charge in [-0.3, -0.25) is 9.78 Å². The molecule has 72 valence electrons. The van der Waals surface area contributed by atoms with E-state index in [0.717, 1.165) is 22.2 Å². The van der Waals surface area contributed by atoms with E-state index in [1.54, 1.807) is 12.4 Å². The molecule has 14 heavy (non-hydrogen) atoms. The zero-order valence-electron chi connectivity index (χ0n) is 7.74. The number of H-pyrrole nitrogens is 1. The number of aliphatic carboxylic acids is 1. The molecule has 0 amide bonds. The number of carbonyl (C=O) groups is 1. The van der Waals surface area contributed by atoms with Crippen molar-refractivity contribution in [1.29, 1.82) is 0 Å². The van der Waals surface area contributed by atoms with Crippen LogP contribution in [0.25, 0.3) is 10.9 Å². The number of rotatable bonds is 2. The van der Waals surface area contributed by atoms with Crippen molar-refractivity contribution in [1.82, 2.24) is 9.97 Å². The third-order valence-electron chi connectivity index (χ3n) is 2.25. The van der Waals surface area contributed by atoms with E-state index in [2.05, 4.69) is 9.97 Å². The first-order chi connectivity index (χ1) is 6.68. The van der Waals surface area contributed by atoms with Crippen LogP contribution in [0, 0.1) is 6.92 Å². The highest BCUT2D eigenvalue weighted by Gasteiger charge is 2.10. The maximum Gasteiger partial charge on any atom is 0.307 e. The van der Waals surface area contributed by atoms with Gasteiger partial charge in [-0.1, -0.05) is 0 Å². The standard InChI is InChI=1S/C10H10N2O2/c1-6-7(4-10(13)14)8-5-11-3-2-9(8)12-6/h2-3,5,12H,4H2,1H3,(H,13,14). The Bertz CT molecular complexity index is 488. The maximum atomic E-state index is 10.6. The van der Waals surface area contributed by atoms with Crippen LogP contribution in [0.4, 0.5) is 0 Å². The molecule has 2 rings (SSSR count). The molecule has 0 saturated carbocycles. The van der Waals surface area contributed by atoms with Crippen molar-refractivity contribution in [2.45, 2.75) is 13.3 Å². The minimum Gasteiger partial charge on any atom is -0.481 e. The number of carboxylic acids is 1. The van der Waals surface area contributed by atoms with Gasteiger partial charge in [0, 0.05) is 29.0 Å². The van der Waals surface area contributed by atoms with Crippen LogP contribution in [-0.4, -0.2) is 21.0 Å². The topological polar surface area (TPSA) is 66.0 Å². The highest BCUT2D eigenvalue weighted by molar-refractivity contribution is 5.87. The minimum absolute atomic E-state index is 0.0392. The molecule has 0 aliphatic carbocycles. The molecular formula is C10H10N2O2. The highest BCUT2D eigenvalue weighted by Crippen LogP contribution is 2.21. The normalized spacial score (nSPS) is 10.6. The van der Waals surface area contributed by atoms with Crippen molar-refractivity contribution in [2.24, 2.45) is 0 Å². The number of aromatic amines is 1. The molecule has 2 aromatic rings. The zero-order valence-corrected chi connectivity index (χ0v) is 7.74. The van der Waals surface area contributed by atoms with Crippen LogP contribution in [0.15, 0.2) is 18.5 Å². The Balaban J connectivity index is 2.62. The van der Waals surface area contributed by atoms with Gasteiger partial charge in [0.1, 0.15) is 0 Å². The van der Waals surface area contributed by atoms with Gasteiger partial charge in [0.25, 0.3) is 0 Å². The van der Waals surface area contributed by atoms with Crippen molar-refractivity contribution in [3.8, 4) is 0 Å². The first-order valence-electron chi connectivity index (χ1n) is 4.31. The average Bonchev–Trinajstić information content (AvgIpc) is 2.43. The molecule has 0 bridgehead atoms. The fourth-order valence-electron chi connectivity index (χ4n) is 1.60. The van der Waals surface area contributed by atoms with Crippen molar-refractivity contribution >= 4 is 16.9 Å². The van der Waals surface area contributed by atoms with Crippen LogP contribution >= 0.6 is 0 Å². The molecule has 0 radical (unpaired) electrons. The summed E-state index contributed by atoms with van der Waals surface area (Å²) in [5, 5.41) is 9.63. The molecule has 0 aromatic carbocycles. The monoisotopic (exact) mass is 190 g/mol. The number of hydrogen-bond donors (Lipinski definition) is 2. The van der Waals surface area contributed by atoms with Crippen LogP contribution in [0.5, 0.6) is 0 Å². The first-order valence-corrected chi connectivity index (χ1v) is 4.31. The summed E-state index contributed by atoms with van der Waals surface area (Å²) in [5.74, 6) is -0.821. The van der Waals surface area contributed by atoms with E-state index in [9.17, 15) is 4.79 Å². The van der Waals surface area contributed by atoms with E-state index in [1.807, 2.05) is 13.0 Å². The summed E-state index contributed by atoms with van der Waals surface area (Å²) in [4.78, 5) is 17.7. The van der Waals surface area contributed by atoms with E-state index >= 15 is 0 Å². The number of carboxylic acid groups (broad SMARTS) is 1. The molecule has 2 aromatic heterocycles. The minimum atomic E-state index is -0.821. The van der Waals surface area contributed by atoms with Crippen molar-refractivity contribution in [2.75, 3.05) is 0 Å². The molecule has 0 aliphatic heterocycles. The first kappa shape index (κ1) is 8.74. The Hall–Kier alpha value is -1.84. The Morgan fingerprint density at radius 3 is 3.14 bits per heavy atom. The molecular weight excluding hydrogens is 180 g/mol. The Morgan fingerprint density at radius 2 is 2.43 bits per heavy atom. The predicted octanol–water partition coefficient (Wildman–Crippen LogP) is 1.50. The fourth-order valence-corrected chi connectivity index (χ4v) is 1.60. The summed E-state index contributed by atoms with van der Waals surface area (Å²) < 4.78 is 0. The Morgan fingerprint density at radius 1 is 1.64 bits per heavy atom. The second-order valence-corrected chi connectivity index (χ2v) is 3.22. The molecule has 0 atom stereocenters. The number of pyridine rings is 1. The van der Waals surface area contributed by atoms with Crippen LogP contribution in [0.2, 0.25) is 0 Å². The van der Waals surface area contributed by atoms with E-state index < -0.39 is 5.97 Å². The van der Waals surface area contributed by atoms with Crippen LogP contribution in [0.3, 0.4) is 0 Å². The van der Waals surface area contributed by atoms with Crippen LogP contribution < -0.4 is 0 Å². The molecule has 4 heteroatoms. The fraction of sp³-hybridized carbons (Fsp3) is 0.200. The SMILES string of the molecule is Cc1[nH]c2ccncc2c1CC(=O)O. The van der Waals surface area contributed by atoms with E-state index in [-0.39, 0.29) is 6.42 Å². The summed E-state index contributed by atoms with van der Waals surface area (Å²) in [6.07, 6.45) is 3.41. The second kappa shape index (κ2) is 3.14. The van der Waals surface area contributed by atoms with Gasteiger partial charge in [-0.15, -0.1) is 0 Å². The number of aryl methyl sites for hydroxylation is 1. The lowest BCUT2D eigenvalue weighted by Gasteiger charge is -1.95. The van der Waals surface area contributed by atoms with Crippen molar-refractivity contribution in [3.05, 3.63) is 29.7 Å². The Labute approximate surface area is 80.6 Å². The molecule has 2 heterocycles. The van der Waals surface area contributed by atoms with Gasteiger partial charge in [0.2, 0.25) is 0 Å². The molecule has 4 nitrogen and oxygen atoms in total. The highest BCUT2D eigenvalue weighted by atomic mass is 16.4. The van der Waals surface area contributed by atoms with E-state index in [1.165, 1.54) is 0 Å².